The highest BCUT2D eigenvalue weighted by molar-refractivity contribution is 5.97. The Hall–Kier alpha value is -3.30. The van der Waals surface area contributed by atoms with Gasteiger partial charge in [0.2, 0.25) is 11.8 Å². The average Bonchev–Trinajstić information content (AvgIpc) is 3.09. The molecule has 9 heteroatoms. The van der Waals surface area contributed by atoms with E-state index in [0.717, 1.165) is 59.7 Å². The van der Waals surface area contributed by atoms with Gasteiger partial charge in [-0.2, -0.15) is 0 Å². The molecule has 35 heavy (non-hydrogen) atoms. The van der Waals surface area contributed by atoms with Gasteiger partial charge in [0.25, 0.3) is 0 Å². The Bertz CT molecular complexity index is 1050. The maximum Gasteiger partial charge on any atom is 0.227 e. The smallest absolute Gasteiger partial charge is 0.227 e. The number of benzene rings is 2. The normalized spacial score (nSPS) is 19.7. The lowest BCUT2D eigenvalue weighted by Gasteiger charge is -2.37. The van der Waals surface area contributed by atoms with Crippen LogP contribution in [-0.2, 0) is 14.3 Å². The molecule has 4 rings (SSSR count). The molecular formula is C26H35N5O4. The van der Waals surface area contributed by atoms with E-state index in [4.69, 9.17) is 15.2 Å². The second-order valence-electron chi connectivity index (χ2n) is 9.09. The monoisotopic (exact) mass is 481 g/mol. The first-order chi connectivity index (χ1) is 17.0. The van der Waals surface area contributed by atoms with Crippen molar-refractivity contribution in [2.24, 2.45) is 11.7 Å². The number of fused-ring (bicyclic) bond motifs is 1. The van der Waals surface area contributed by atoms with E-state index in [1.807, 2.05) is 43.3 Å². The molecule has 0 radical (unpaired) electrons. The number of carbonyl (C=O) groups is 2. The molecule has 0 saturated heterocycles. The minimum atomic E-state index is -0.114. The van der Waals surface area contributed by atoms with Gasteiger partial charge < -0.3 is 36.1 Å². The van der Waals surface area contributed by atoms with Crippen molar-refractivity contribution < 1.29 is 19.1 Å². The van der Waals surface area contributed by atoms with Crippen LogP contribution in [0.15, 0.2) is 36.4 Å². The van der Waals surface area contributed by atoms with Crippen LogP contribution >= 0.6 is 0 Å². The van der Waals surface area contributed by atoms with Crippen LogP contribution < -0.4 is 31.3 Å². The fourth-order valence-electron chi connectivity index (χ4n) is 4.84. The molecular weight excluding hydrogens is 446 g/mol. The predicted octanol–water partition coefficient (Wildman–Crippen LogP) is 3.65. The van der Waals surface area contributed by atoms with Crippen LogP contribution in [0.4, 0.5) is 22.7 Å². The number of rotatable bonds is 7. The van der Waals surface area contributed by atoms with Gasteiger partial charge in [-0.25, -0.2) is 0 Å². The number of ether oxygens (including phenoxy) is 2. The van der Waals surface area contributed by atoms with E-state index in [2.05, 4.69) is 20.9 Å². The van der Waals surface area contributed by atoms with Gasteiger partial charge in [0.05, 0.1) is 24.2 Å². The molecule has 2 aliphatic rings. The molecule has 1 aliphatic heterocycles. The fourth-order valence-corrected chi connectivity index (χ4v) is 4.84. The molecule has 0 aromatic heterocycles. The summed E-state index contributed by atoms with van der Waals surface area (Å²) in [5, 5.41) is 9.30. The first-order valence-electron chi connectivity index (χ1n) is 12.2. The van der Waals surface area contributed by atoms with E-state index in [-0.39, 0.29) is 30.2 Å². The molecule has 1 fully saturated rings. The van der Waals surface area contributed by atoms with Gasteiger partial charge in [0, 0.05) is 36.7 Å². The van der Waals surface area contributed by atoms with Gasteiger partial charge in [0.15, 0.2) is 0 Å². The summed E-state index contributed by atoms with van der Waals surface area (Å²) in [6.45, 7) is 3.08. The number of aryl methyl sites for hydroxylation is 1. The first kappa shape index (κ1) is 24.8. The summed E-state index contributed by atoms with van der Waals surface area (Å²) in [5.41, 5.74) is 9.87. The lowest BCUT2D eigenvalue weighted by molar-refractivity contribution is -0.121. The van der Waals surface area contributed by atoms with Crippen LogP contribution in [0.2, 0.25) is 0 Å². The highest BCUT2D eigenvalue weighted by atomic mass is 16.5. The summed E-state index contributed by atoms with van der Waals surface area (Å²) < 4.78 is 11.2. The highest BCUT2D eigenvalue weighted by Crippen LogP contribution is 2.39. The van der Waals surface area contributed by atoms with Crippen LogP contribution in [0.5, 0.6) is 5.75 Å². The summed E-state index contributed by atoms with van der Waals surface area (Å²) in [4.78, 5) is 27.3. The molecule has 5 N–H and O–H groups in total. The Morgan fingerprint density at radius 2 is 1.97 bits per heavy atom. The number of hydrogen-bond donors (Lipinski definition) is 4. The molecule has 0 spiro atoms. The Morgan fingerprint density at radius 3 is 2.71 bits per heavy atom. The van der Waals surface area contributed by atoms with Gasteiger partial charge in [-0.1, -0.05) is 12.1 Å². The van der Waals surface area contributed by atoms with Crippen LogP contribution in [0.3, 0.4) is 0 Å². The molecule has 1 saturated carbocycles. The van der Waals surface area contributed by atoms with Gasteiger partial charge in [0.1, 0.15) is 19.2 Å². The van der Waals surface area contributed by atoms with E-state index in [9.17, 15) is 9.59 Å². The first-order valence-corrected chi connectivity index (χ1v) is 12.2. The molecule has 1 aliphatic carbocycles. The van der Waals surface area contributed by atoms with Gasteiger partial charge in [-0.3, -0.25) is 9.59 Å². The van der Waals surface area contributed by atoms with Crippen molar-refractivity contribution in [1.82, 2.24) is 0 Å². The molecule has 2 amide bonds. The molecule has 1 heterocycles. The van der Waals surface area contributed by atoms with Gasteiger partial charge in [-0.05, 0) is 56.4 Å². The Labute approximate surface area is 206 Å². The van der Waals surface area contributed by atoms with E-state index in [1.165, 1.54) is 0 Å². The quantitative estimate of drug-likeness (QED) is 0.477. The number of methoxy groups -OCH3 is 1. The summed E-state index contributed by atoms with van der Waals surface area (Å²) in [6.07, 6.45) is 3.62. The maximum atomic E-state index is 12.9. The maximum absolute atomic E-state index is 12.9. The number of anilines is 4. The molecule has 0 atom stereocenters. The number of carbonyl (C=O) groups excluding carboxylic acids is 2. The molecule has 2 aromatic carbocycles. The summed E-state index contributed by atoms with van der Waals surface area (Å²) >= 11 is 0. The second kappa shape index (κ2) is 11.4. The number of nitrogens with one attached hydrogen (secondary N) is 3. The van der Waals surface area contributed by atoms with Gasteiger partial charge in [-0.15, -0.1) is 0 Å². The summed E-state index contributed by atoms with van der Waals surface area (Å²) in [7, 11) is 1.63. The van der Waals surface area contributed by atoms with Gasteiger partial charge >= 0.3 is 0 Å². The highest BCUT2D eigenvalue weighted by Gasteiger charge is 2.32. The zero-order valence-electron chi connectivity index (χ0n) is 20.4. The summed E-state index contributed by atoms with van der Waals surface area (Å²) in [6, 6.07) is 11.8. The van der Waals surface area contributed by atoms with Crippen LogP contribution in [0, 0.1) is 12.8 Å². The van der Waals surface area contributed by atoms with Crippen molar-refractivity contribution in [1.29, 1.82) is 0 Å². The molecule has 0 unspecified atom stereocenters. The number of amides is 2. The Kier molecular flexibility index (Phi) is 8.09. The number of nitrogens with zero attached hydrogens (tertiary/aromatic N) is 1. The lowest BCUT2D eigenvalue weighted by atomic mass is 9.84. The third-order valence-corrected chi connectivity index (χ3v) is 6.76. The lowest BCUT2D eigenvalue weighted by Crippen LogP contribution is -2.41. The zero-order valence-corrected chi connectivity index (χ0v) is 20.4. The molecule has 188 valence electrons. The van der Waals surface area contributed by atoms with Crippen LogP contribution in [0.1, 0.15) is 37.7 Å². The summed E-state index contributed by atoms with van der Waals surface area (Å²) in [5.74, 6) is 0.662. The van der Waals surface area contributed by atoms with E-state index in [0.29, 0.717) is 20.0 Å². The van der Waals surface area contributed by atoms with Crippen LogP contribution in [-0.4, -0.2) is 45.0 Å². The molecule has 2 aromatic rings. The number of para-hydroxylation sites is 1. The van der Waals surface area contributed by atoms with E-state index < -0.39 is 0 Å². The van der Waals surface area contributed by atoms with Crippen molar-refractivity contribution >= 4 is 34.6 Å². The van der Waals surface area contributed by atoms with Crippen molar-refractivity contribution in [3.8, 4) is 5.75 Å². The minimum Gasteiger partial charge on any atom is -0.496 e. The predicted molar refractivity (Wildman–Crippen MR) is 138 cm³/mol. The van der Waals surface area contributed by atoms with Crippen molar-refractivity contribution in [2.75, 3.05) is 48.0 Å². The number of nitrogens with two attached hydrogens (primary N) is 1. The van der Waals surface area contributed by atoms with E-state index >= 15 is 0 Å². The fraction of sp³-hybridized carbons (Fsp3) is 0.462. The standard InChI is InChI=1S/C26H35N5O4/c1-17-6-9-19(14-23(17)34-2)29-26(33)18-7-10-20(11-8-18)31-16-35-15-28-25-21(4-3-5-22(25)31)30-24(32)12-13-27/h3-6,9,14,18,20,28H,7-8,10-13,15-16,27H2,1-2H3,(H,29,33)(H,30,32). The third-order valence-electron chi connectivity index (χ3n) is 6.76. The largest absolute Gasteiger partial charge is 0.496 e. The second-order valence-corrected chi connectivity index (χ2v) is 9.09. The van der Waals surface area contributed by atoms with Crippen LogP contribution in [0.25, 0.3) is 0 Å². The molecule has 9 nitrogen and oxygen atoms in total. The topological polar surface area (TPSA) is 118 Å². The van der Waals surface area contributed by atoms with Crippen molar-refractivity contribution in [2.45, 2.75) is 45.1 Å². The Balaban J connectivity index is 1.41. The SMILES string of the molecule is COc1cc(NC(=O)C2CCC(N3COCNc4c(NC(=O)CCN)cccc43)CC2)ccc1C. The Morgan fingerprint density at radius 1 is 1.17 bits per heavy atom. The molecule has 0 bridgehead atoms. The number of hydrogen-bond acceptors (Lipinski definition) is 7. The average molecular weight is 482 g/mol. The minimum absolute atomic E-state index is 0.0362. The third kappa shape index (κ3) is 5.86. The zero-order chi connectivity index (χ0) is 24.8. The van der Waals surface area contributed by atoms with Crippen molar-refractivity contribution in [3.05, 3.63) is 42.0 Å². The van der Waals surface area contributed by atoms with E-state index in [1.54, 1.807) is 7.11 Å². The van der Waals surface area contributed by atoms with Crippen molar-refractivity contribution in [3.63, 3.8) is 0 Å².